The van der Waals surface area contributed by atoms with Crippen molar-refractivity contribution in [2.75, 3.05) is 0 Å². The normalized spacial score (nSPS) is 11.9. The van der Waals surface area contributed by atoms with Crippen LogP contribution in [0.5, 0.6) is 0 Å². The van der Waals surface area contributed by atoms with E-state index in [1.807, 2.05) is 0 Å². The Morgan fingerprint density at radius 3 is 1.36 bits per heavy atom. The number of esters is 2. The van der Waals surface area contributed by atoms with Crippen LogP contribution in [0.1, 0.15) is 187 Å². The molecule has 0 bridgehead atoms. The molecule has 0 aromatic rings. The average molecular weight is 622 g/mol. The summed E-state index contributed by atoms with van der Waals surface area (Å²) in [6, 6.07) is 0. The van der Waals surface area contributed by atoms with Crippen molar-refractivity contribution in [3.63, 3.8) is 0 Å². The van der Waals surface area contributed by atoms with Crippen molar-refractivity contribution in [3.05, 3.63) is 24.3 Å². The zero-order valence-electron chi connectivity index (χ0n) is 27.4. The van der Waals surface area contributed by atoms with Gasteiger partial charge in [-0.1, -0.05) is 134 Å². The number of carbonyl (C=O) groups is 2. The average Bonchev–Trinajstić information content (AvgIpc) is 2.94. The van der Waals surface area contributed by atoms with Crippen LogP contribution in [0.2, 0.25) is 0 Å². The van der Waals surface area contributed by atoms with Gasteiger partial charge < -0.3 is 16.0 Å². The second-order valence-electron chi connectivity index (χ2n) is 11.7. The third-order valence-corrected chi connectivity index (χ3v) is 7.59. The minimum absolute atomic E-state index is 0. The maximum atomic E-state index is 11.9. The molecule has 0 amide bonds. The fourth-order valence-corrected chi connectivity index (χ4v) is 4.93. The predicted molar refractivity (Wildman–Crippen MR) is 185 cm³/mol. The van der Waals surface area contributed by atoms with Gasteiger partial charge in [0.25, 0.3) is 0 Å². The molecule has 0 aromatic carbocycles. The number of allylic oxidation sites excluding steroid dienone is 3. The number of hydrogen-bond donors (Lipinski definition) is 2. The summed E-state index contributed by atoms with van der Waals surface area (Å²) in [6.45, 7) is 4.47. The van der Waals surface area contributed by atoms with Crippen molar-refractivity contribution >= 4 is 49.7 Å². The number of hydrogen-bond acceptors (Lipinski definition) is 5. The van der Waals surface area contributed by atoms with Crippen molar-refractivity contribution in [1.29, 1.82) is 0 Å². The summed E-state index contributed by atoms with van der Waals surface area (Å²) in [5.41, 5.74) is 0. The number of aliphatic hydroxyl groups is 1. The van der Waals surface area contributed by atoms with Crippen molar-refractivity contribution < 1.29 is 19.4 Å². The maximum absolute atomic E-state index is 11.9. The molecule has 0 fully saturated rings. The minimum atomic E-state index is -0.367. The predicted octanol–water partition coefficient (Wildman–Crippen LogP) is 10.3. The van der Waals surface area contributed by atoms with Crippen LogP contribution < -0.4 is 6.15 Å². The third kappa shape index (κ3) is 37.8. The summed E-state index contributed by atoms with van der Waals surface area (Å²) in [4.78, 5) is 23.8. The molecule has 0 aliphatic heterocycles. The Balaban J connectivity index is -0.00000760. The van der Waals surface area contributed by atoms with Gasteiger partial charge in [0.1, 0.15) is 0 Å². The van der Waals surface area contributed by atoms with Crippen LogP contribution in [0.25, 0.3) is 0 Å². The molecule has 0 spiro atoms. The van der Waals surface area contributed by atoms with E-state index in [-0.39, 0.29) is 61.9 Å². The molecule has 0 aromatic heterocycles. The van der Waals surface area contributed by atoms with Gasteiger partial charge in [0.05, 0.1) is 6.10 Å². The van der Waals surface area contributed by atoms with Gasteiger partial charge in [-0.25, -0.2) is 0 Å². The standard InChI is InChI=1S/C36H66O4.Ca.H3N.2H/c1-3-5-7-9-10-11-12-13-14-15-16-17-21-24-28-32-35(38)40-36(39)33-29-25-22-19-18-20-23-27-31-34(37)30-26-8-6-4-2;;;;/h13-14,23,27,34,37H,3-12,15-22,24-26,28-33H2,1-2H3;;1H3;;/b14-13-,27-23-;;;;/t34-;;;;/m1..../s1. The summed E-state index contributed by atoms with van der Waals surface area (Å²) >= 11 is 0. The van der Waals surface area contributed by atoms with Crippen LogP contribution in [0, 0.1) is 0 Å². The first-order valence-electron chi connectivity index (χ1n) is 17.3. The first kappa shape index (κ1) is 46.2. The molecular formula is C36H71CaNO4. The van der Waals surface area contributed by atoms with Crippen molar-refractivity contribution in [3.8, 4) is 0 Å². The molecular weight excluding hydrogens is 550 g/mol. The van der Waals surface area contributed by atoms with Crippen LogP contribution in [0.15, 0.2) is 24.3 Å². The second-order valence-corrected chi connectivity index (χ2v) is 11.7. The van der Waals surface area contributed by atoms with Gasteiger partial charge in [0.2, 0.25) is 0 Å². The molecule has 246 valence electrons. The van der Waals surface area contributed by atoms with E-state index in [0.29, 0.717) is 12.8 Å². The molecule has 0 aliphatic rings. The molecule has 0 heterocycles. The number of unbranched alkanes of at least 4 members (excludes halogenated alkanes) is 19. The molecule has 0 saturated carbocycles. The topological polar surface area (TPSA) is 98.6 Å². The summed E-state index contributed by atoms with van der Waals surface area (Å²) in [6.07, 6.45) is 38.2. The molecule has 6 heteroatoms. The summed E-state index contributed by atoms with van der Waals surface area (Å²) in [5.74, 6) is -0.727. The molecule has 4 N–H and O–H groups in total. The van der Waals surface area contributed by atoms with E-state index >= 15 is 0 Å². The molecule has 1 atom stereocenters. The van der Waals surface area contributed by atoms with Crippen molar-refractivity contribution in [2.24, 2.45) is 0 Å². The fraction of sp³-hybridized carbons (Fsp3) is 0.833. The van der Waals surface area contributed by atoms with Crippen LogP contribution in [-0.4, -0.2) is 60.9 Å². The van der Waals surface area contributed by atoms with Crippen LogP contribution in [-0.2, 0) is 14.3 Å². The Hall–Kier alpha value is -0.200. The Labute approximate surface area is 291 Å². The molecule has 0 aliphatic carbocycles. The van der Waals surface area contributed by atoms with E-state index in [1.165, 1.54) is 77.0 Å². The molecule has 0 saturated heterocycles. The van der Waals surface area contributed by atoms with Gasteiger partial charge in [0.15, 0.2) is 0 Å². The zero-order chi connectivity index (χ0) is 29.4. The zero-order valence-corrected chi connectivity index (χ0v) is 27.4. The van der Waals surface area contributed by atoms with E-state index in [9.17, 15) is 14.7 Å². The van der Waals surface area contributed by atoms with E-state index < -0.39 is 0 Å². The van der Waals surface area contributed by atoms with Gasteiger partial charge in [-0.2, -0.15) is 0 Å². The van der Waals surface area contributed by atoms with Gasteiger partial charge in [-0.05, 0) is 64.2 Å². The Morgan fingerprint density at radius 2 is 0.905 bits per heavy atom. The fourth-order valence-electron chi connectivity index (χ4n) is 4.93. The van der Waals surface area contributed by atoms with E-state index in [0.717, 1.165) is 83.5 Å². The van der Waals surface area contributed by atoms with Gasteiger partial charge in [-0.15, -0.1) is 0 Å². The molecule has 5 nitrogen and oxygen atoms in total. The summed E-state index contributed by atoms with van der Waals surface area (Å²) < 4.78 is 4.98. The van der Waals surface area contributed by atoms with E-state index in [4.69, 9.17) is 4.74 Å². The van der Waals surface area contributed by atoms with Crippen LogP contribution in [0.3, 0.4) is 0 Å². The quantitative estimate of drug-likeness (QED) is 0.0273. The molecule has 0 radical (unpaired) electrons. The summed E-state index contributed by atoms with van der Waals surface area (Å²) in [5, 5.41) is 9.97. The van der Waals surface area contributed by atoms with Crippen LogP contribution >= 0.6 is 0 Å². The van der Waals surface area contributed by atoms with Crippen molar-refractivity contribution in [2.45, 2.75) is 193 Å². The van der Waals surface area contributed by atoms with Gasteiger partial charge in [0, 0.05) is 12.8 Å². The first-order chi connectivity index (χ1) is 19.6. The monoisotopic (exact) mass is 622 g/mol. The van der Waals surface area contributed by atoms with Crippen LogP contribution in [0.4, 0.5) is 0 Å². The molecule has 0 rings (SSSR count). The number of rotatable bonds is 30. The van der Waals surface area contributed by atoms with E-state index in [1.54, 1.807) is 0 Å². The SMILES string of the molecule is CCCCCCCC/C=C\CCCCCCCC(=O)OC(=O)CCCCCCC/C=C\C[C@H](O)CCCCCC.N.[CaH2]. The summed E-state index contributed by atoms with van der Waals surface area (Å²) in [7, 11) is 0. The second kappa shape index (κ2) is 38.8. The Bertz CT molecular complexity index is 624. The molecule has 42 heavy (non-hydrogen) atoms. The van der Waals surface area contributed by atoms with Gasteiger partial charge in [-0.3, -0.25) is 9.59 Å². The van der Waals surface area contributed by atoms with Crippen molar-refractivity contribution in [1.82, 2.24) is 6.15 Å². The number of aliphatic hydroxyl groups excluding tert-OH is 1. The number of carbonyl (C=O) groups excluding carboxylic acids is 2. The first-order valence-corrected chi connectivity index (χ1v) is 17.3. The Morgan fingerprint density at radius 1 is 0.548 bits per heavy atom. The van der Waals surface area contributed by atoms with Gasteiger partial charge >= 0.3 is 49.7 Å². The molecule has 0 unspecified atom stereocenters. The number of ether oxygens (including phenoxy) is 1. The Kier molecular flexibility index (Phi) is 42.7. The van der Waals surface area contributed by atoms with E-state index in [2.05, 4.69) is 38.2 Å². The third-order valence-electron chi connectivity index (χ3n) is 7.59.